The molecule has 0 aliphatic heterocycles. The van der Waals surface area contributed by atoms with E-state index in [2.05, 4.69) is 0 Å². The van der Waals surface area contributed by atoms with Crippen molar-refractivity contribution >= 4 is 33.8 Å². The largest absolute Gasteiger partial charge is 0.421 e. The molecular weight excluding hydrogens is 310 g/mol. The fourth-order valence-corrected chi connectivity index (χ4v) is 2.33. The molecule has 3 aromatic carbocycles. The number of anilines is 2. The fraction of sp³-hybridized carbons (Fsp3) is 0. The van der Waals surface area contributed by atoms with Gasteiger partial charge in [0.25, 0.3) is 5.69 Å². The Balaban J connectivity index is 1.93. The molecule has 0 fully saturated rings. The van der Waals surface area contributed by atoms with Crippen molar-refractivity contribution in [3.05, 3.63) is 70.3 Å². The van der Waals surface area contributed by atoms with Gasteiger partial charge in [-0.1, -0.05) is 24.3 Å². The van der Waals surface area contributed by atoms with Gasteiger partial charge in [0, 0.05) is 17.8 Å². The number of hydrogen-bond acceptors (Lipinski definition) is 6. The highest BCUT2D eigenvalue weighted by molar-refractivity contribution is 6.02. The SMILES string of the molecule is Nc1cc([N+](=O)[O-])ccc1OC(=O)c1cc2ccccc2cc1N. The minimum Gasteiger partial charge on any atom is -0.421 e. The maximum atomic E-state index is 12.4. The van der Waals surface area contributed by atoms with E-state index in [-0.39, 0.29) is 28.4 Å². The molecule has 7 heteroatoms. The van der Waals surface area contributed by atoms with Crippen LogP contribution in [0.25, 0.3) is 10.8 Å². The number of carbonyl (C=O) groups excluding carboxylic acids is 1. The Labute approximate surface area is 136 Å². The summed E-state index contributed by atoms with van der Waals surface area (Å²) < 4.78 is 5.23. The molecular formula is C17H13N3O4. The highest BCUT2D eigenvalue weighted by Gasteiger charge is 2.16. The molecule has 0 heterocycles. The number of nitrogens with two attached hydrogens (primary N) is 2. The molecule has 0 saturated carbocycles. The number of benzene rings is 3. The van der Waals surface area contributed by atoms with Crippen LogP contribution < -0.4 is 16.2 Å². The van der Waals surface area contributed by atoms with Crippen LogP contribution in [0.2, 0.25) is 0 Å². The summed E-state index contributed by atoms with van der Waals surface area (Å²) >= 11 is 0. The Morgan fingerprint density at radius 3 is 2.25 bits per heavy atom. The zero-order valence-electron chi connectivity index (χ0n) is 12.4. The van der Waals surface area contributed by atoms with Crippen LogP contribution in [0.1, 0.15) is 10.4 Å². The van der Waals surface area contributed by atoms with E-state index in [0.29, 0.717) is 0 Å². The lowest BCUT2D eigenvalue weighted by atomic mass is 10.1. The minimum atomic E-state index is -0.682. The summed E-state index contributed by atoms with van der Waals surface area (Å²) in [6, 6.07) is 14.4. The summed E-state index contributed by atoms with van der Waals surface area (Å²) in [6.07, 6.45) is 0. The van der Waals surface area contributed by atoms with E-state index in [1.807, 2.05) is 24.3 Å². The van der Waals surface area contributed by atoms with E-state index in [1.165, 1.54) is 12.1 Å². The van der Waals surface area contributed by atoms with Gasteiger partial charge in [0.1, 0.15) is 0 Å². The summed E-state index contributed by atoms with van der Waals surface area (Å²) in [5.41, 5.74) is 11.9. The maximum Gasteiger partial charge on any atom is 0.345 e. The first-order valence-corrected chi connectivity index (χ1v) is 7.00. The van der Waals surface area contributed by atoms with Gasteiger partial charge in [0.2, 0.25) is 0 Å². The number of hydrogen-bond donors (Lipinski definition) is 2. The van der Waals surface area contributed by atoms with E-state index >= 15 is 0 Å². The molecule has 120 valence electrons. The number of ether oxygens (including phenoxy) is 1. The minimum absolute atomic E-state index is 0.00286. The summed E-state index contributed by atoms with van der Waals surface area (Å²) in [4.78, 5) is 22.5. The molecule has 0 bridgehead atoms. The molecule has 24 heavy (non-hydrogen) atoms. The zero-order chi connectivity index (χ0) is 17.3. The van der Waals surface area contributed by atoms with Gasteiger partial charge in [0.15, 0.2) is 5.75 Å². The van der Waals surface area contributed by atoms with E-state index in [9.17, 15) is 14.9 Å². The topological polar surface area (TPSA) is 121 Å². The van der Waals surface area contributed by atoms with Gasteiger partial charge < -0.3 is 16.2 Å². The first kappa shape index (κ1) is 15.3. The Kier molecular flexibility index (Phi) is 3.75. The molecule has 3 rings (SSSR count). The lowest BCUT2D eigenvalue weighted by molar-refractivity contribution is -0.384. The van der Waals surface area contributed by atoms with E-state index in [0.717, 1.165) is 16.8 Å². The molecule has 0 saturated heterocycles. The number of nitro benzene ring substituents is 1. The van der Waals surface area contributed by atoms with Crippen molar-refractivity contribution in [2.24, 2.45) is 0 Å². The molecule has 0 aromatic heterocycles. The van der Waals surface area contributed by atoms with Crippen molar-refractivity contribution in [3.63, 3.8) is 0 Å². The molecule has 0 aliphatic rings. The smallest absolute Gasteiger partial charge is 0.345 e. The molecule has 0 atom stereocenters. The van der Waals surface area contributed by atoms with Gasteiger partial charge in [-0.2, -0.15) is 0 Å². The number of nitro groups is 1. The average Bonchev–Trinajstić information content (AvgIpc) is 2.55. The first-order chi connectivity index (χ1) is 11.5. The second kappa shape index (κ2) is 5.88. The zero-order valence-corrected chi connectivity index (χ0v) is 12.4. The van der Waals surface area contributed by atoms with Crippen LogP contribution in [0.15, 0.2) is 54.6 Å². The maximum absolute atomic E-state index is 12.4. The van der Waals surface area contributed by atoms with E-state index < -0.39 is 10.9 Å². The van der Waals surface area contributed by atoms with Crippen molar-refractivity contribution in [3.8, 4) is 5.75 Å². The standard InChI is InChI=1S/C17H13N3O4/c18-14-8-11-4-2-1-3-10(11)7-13(14)17(21)24-16-6-5-12(20(22)23)9-15(16)19/h1-9H,18-19H2. The van der Waals surface area contributed by atoms with Crippen molar-refractivity contribution in [2.45, 2.75) is 0 Å². The third-order valence-corrected chi connectivity index (χ3v) is 3.54. The van der Waals surface area contributed by atoms with Crippen LogP contribution in [0.3, 0.4) is 0 Å². The number of nitrogens with zero attached hydrogens (tertiary/aromatic N) is 1. The van der Waals surface area contributed by atoms with Crippen LogP contribution in [0.5, 0.6) is 5.75 Å². The van der Waals surface area contributed by atoms with Crippen LogP contribution >= 0.6 is 0 Å². The third kappa shape index (κ3) is 2.82. The molecule has 0 aliphatic carbocycles. The number of carbonyl (C=O) groups is 1. The monoisotopic (exact) mass is 323 g/mol. The summed E-state index contributed by atoms with van der Waals surface area (Å²) in [6.45, 7) is 0. The van der Waals surface area contributed by atoms with Crippen LogP contribution in [0, 0.1) is 10.1 Å². The second-order valence-corrected chi connectivity index (χ2v) is 5.16. The Morgan fingerprint density at radius 2 is 1.62 bits per heavy atom. The number of esters is 1. The van der Waals surface area contributed by atoms with Gasteiger partial charge in [-0.25, -0.2) is 4.79 Å². The predicted molar refractivity (Wildman–Crippen MR) is 90.8 cm³/mol. The summed E-state index contributed by atoms with van der Waals surface area (Å²) in [5.74, 6) is -0.642. The highest BCUT2D eigenvalue weighted by Crippen LogP contribution is 2.28. The molecule has 4 N–H and O–H groups in total. The number of rotatable bonds is 3. The molecule has 0 amide bonds. The predicted octanol–water partition coefficient (Wildman–Crippen LogP) is 3.13. The molecule has 0 unspecified atom stereocenters. The molecule has 0 radical (unpaired) electrons. The van der Waals surface area contributed by atoms with Gasteiger partial charge in [-0.3, -0.25) is 10.1 Å². The average molecular weight is 323 g/mol. The van der Waals surface area contributed by atoms with Gasteiger partial charge in [-0.05, 0) is 29.0 Å². The van der Waals surface area contributed by atoms with Crippen LogP contribution in [-0.4, -0.2) is 10.9 Å². The van der Waals surface area contributed by atoms with Gasteiger partial charge in [-0.15, -0.1) is 0 Å². The van der Waals surface area contributed by atoms with Crippen molar-refractivity contribution < 1.29 is 14.5 Å². The lowest BCUT2D eigenvalue weighted by Gasteiger charge is -2.10. The number of nitrogen functional groups attached to an aromatic ring is 2. The summed E-state index contributed by atoms with van der Waals surface area (Å²) in [7, 11) is 0. The number of fused-ring (bicyclic) bond motifs is 1. The van der Waals surface area contributed by atoms with Crippen LogP contribution in [-0.2, 0) is 0 Å². The Morgan fingerprint density at radius 1 is 0.958 bits per heavy atom. The molecule has 7 nitrogen and oxygen atoms in total. The van der Waals surface area contributed by atoms with Gasteiger partial charge in [0.05, 0.1) is 16.2 Å². The Hall–Kier alpha value is -3.61. The van der Waals surface area contributed by atoms with Crippen molar-refractivity contribution in [1.82, 2.24) is 0 Å². The Bertz CT molecular complexity index is 969. The lowest BCUT2D eigenvalue weighted by Crippen LogP contribution is -2.12. The van der Waals surface area contributed by atoms with E-state index in [4.69, 9.17) is 16.2 Å². The number of non-ortho nitro benzene ring substituents is 1. The third-order valence-electron chi connectivity index (χ3n) is 3.54. The first-order valence-electron chi connectivity index (χ1n) is 7.00. The van der Waals surface area contributed by atoms with Gasteiger partial charge >= 0.3 is 5.97 Å². The van der Waals surface area contributed by atoms with Crippen molar-refractivity contribution in [1.29, 1.82) is 0 Å². The summed E-state index contributed by atoms with van der Waals surface area (Å²) in [5, 5.41) is 12.4. The second-order valence-electron chi connectivity index (χ2n) is 5.16. The van der Waals surface area contributed by atoms with Crippen molar-refractivity contribution in [2.75, 3.05) is 11.5 Å². The quantitative estimate of drug-likeness (QED) is 0.251. The molecule has 3 aromatic rings. The highest BCUT2D eigenvalue weighted by atomic mass is 16.6. The fourth-order valence-electron chi connectivity index (χ4n) is 2.33. The van der Waals surface area contributed by atoms with E-state index in [1.54, 1.807) is 12.1 Å². The normalized spacial score (nSPS) is 10.5. The molecule has 0 spiro atoms. The van der Waals surface area contributed by atoms with Crippen LogP contribution in [0.4, 0.5) is 17.1 Å².